The largest absolute Gasteiger partial charge is 0.352 e. The molecule has 1 N–H and O–H groups in total. The van der Waals surface area contributed by atoms with Gasteiger partial charge in [0.2, 0.25) is 21.8 Å². The van der Waals surface area contributed by atoms with Gasteiger partial charge in [0.05, 0.1) is 11.9 Å². The second-order valence-corrected chi connectivity index (χ2v) is 12.4. The molecule has 208 valence electrons. The van der Waals surface area contributed by atoms with Gasteiger partial charge >= 0.3 is 0 Å². The molecular weight excluding hydrogens is 534 g/mol. The quantitative estimate of drug-likeness (QED) is 0.356. The maximum absolute atomic E-state index is 14.0. The number of rotatable bonds is 11. The molecule has 0 aliphatic carbocycles. The van der Waals surface area contributed by atoms with E-state index in [9.17, 15) is 18.0 Å². The summed E-state index contributed by atoms with van der Waals surface area (Å²) in [6.45, 7) is 7.15. The number of aryl methyl sites for hydroxylation is 2. The molecule has 0 radical (unpaired) electrons. The lowest BCUT2D eigenvalue weighted by Gasteiger charge is -2.34. The molecule has 3 aromatic carbocycles. The van der Waals surface area contributed by atoms with Crippen LogP contribution < -0.4 is 9.62 Å². The Morgan fingerprint density at radius 3 is 2.15 bits per heavy atom. The fourth-order valence-electron chi connectivity index (χ4n) is 4.26. The summed E-state index contributed by atoms with van der Waals surface area (Å²) in [6, 6.07) is 20.7. The van der Waals surface area contributed by atoms with Crippen LogP contribution in [-0.4, -0.2) is 50.0 Å². The van der Waals surface area contributed by atoms with Crippen molar-refractivity contribution in [1.29, 1.82) is 0 Å². The van der Waals surface area contributed by atoms with Crippen molar-refractivity contribution in [2.45, 2.75) is 52.7 Å². The zero-order chi connectivity index (χ0) is 28.7. The van der Waals surface area contributed by atoms with Gasteiger partial charge in [0.15, 0.2) is 0 Å². The smallest absolute Gasteiger partial charge is 0.244 e. The van der Waals surface area contributed by atoms with E-state index in [0.717, 1.165) is 32.8 Å². The molecule has 0 fully saturated rings. The van der Waals surface area contributed by atoms with Crippen molar-refractivity contribution < 1.29 is 18.0 Å². The first-order valence-electron chi connectivity index (χ1n) is 12.8. The molecule has 0 saturated carbocycles. The second-order valence-electron chi connectivity index (χ2n) is 10.1. The van der Waals surface area contributed by atoms with Gasteiger partial charge in [-0.2, -0.15) is 0 Å². The highest BCUT2D eigenvalue weighted by Gasteiger charge is 2.33. The first kappa shape index (κ1) is 30.2. The summed E-state index contributed by atoms with van der Waals surface area (Å²) in [5.41, 5.74) is 3.91. The Morgan fingerprint density at radius 2 is 1.56 bits per heavy atom. The van der Waals surface area contributed by atoms with E-state index < -0.39 is 28.5 Å². The molecule has 0 saturated heterocycles. The number of carbonyl (C=O) groups excluding carboxylic acids is 2. The lowest BCUT2D eigenvalue weighted by molar-refractivity contribution is -0.140. The minimum absolute atomic E-state index is 0.0763. The highest BCUT2D eigenvalue weighted by Crippen LogP contribution is 2.23. The van der Waals surface area contributed by atoms with Gasteiger partial charge in [-0.15, -0.1) is 0 Å². The number of anilines is 1. The zero-order valence-electron chi connectivity index (χ0n) is 23.0. The minimum atomic E-state index is -3.82. The van der Waals surface area contributed by atoms with Crippen molar-refractivity contribution in [3.8, 4) is 0 Å². The maximum Gasteiger partial charge on any atom is 0.244 e. The van der Waals surface area contributed by atoms with E-state index in [2.05, 4.69) is 5.32 Å². The van der Waals surface area contributed by atoms with E-state index >= 15 is 0 Å². The van der Waals surface area contributed by atoms with E-state index in [1.165, 1.54) is 4.90 Å². The minimum Gasteiger partial charge on any atom is -0.352 e. The Labute approximate surface area is 236 Å². The van der Waals surface area contributed by atoms with E-state index in [1.807, 2.05) is 70.2 Å². The lowest BCUT2D eigenvalue weighted by Crippen LogP contribution is -2.54. The third-order valence-corrected chi connectivity index (χ3v) is 7.78. The van der Waals surface area contributed by atoms with Crippen LogP contribution in [0.2, 0.25) is 5.02 Å². The fraction of sp³-hybridized carbons (Fsp3) is 0.333. The predicted molar refractivity (Wildman–Crippen MR) is 157 cm³/mol. The van der Waals surface area contributed by atoms with E-state index in [4.69, 9.17) is 11.6 Å². The van der Waals surface area contributed by atoms with Crippen molar-refractivity contribution in [1.82, 2.24) is 10.2 Å². The summed E-state index contributed by atoms with van der Waals surface area (Å²) in [5, 5.41) is 3.43. The molecule has 9 heteroatoms. The summed E-state index contributed by atoms with van der Waals surface area (Å²) in [5.74, 6) is -0.820. The number of hydrogen-bond acceptors (Lipinski definition) is 4. The molecular formula is C30H36ClN3O4S. The number of nitrogens with zero attached hydrogens (tertiary/aromatic N) is 2. The van der Waals surface area contributed by atoms with Crippen LogP contribution in [0.5, 0.6) is 0 Å². The van der Waals surface area contributed by atoms with Gasteiger partial charge in [-0.05, 0) is 74.2 Å². The molecule has 2 amide bonds. The van der Waals surface area contributed by atoms with Crippen LogP contribution >= 0.6 is 11.6 Å². The molecule has 0 aromatic heterocycles. The zero-order valence-corrected chi connectivity index (χ0v) is 24.6. The SMILES string of the molecule is Cc1ccc(N(CC(=O)N(Cc2cccc(Cl)c2)[C@H](Cc2ccccc2)C(=O)NC(C)C)S(C)(=O)=O)cc1C. The lowest BCUT2D eigenvalue weighted by atomic mass is 10.0. The van der Waals surface area contributed by atoms with E-state index in [-0.39, 0.29) is 24.9 Å². The summed E-state index contributed by atoms with van der Waals surface area (Å²) in [6.07, 6.45) is 1.33. The Balaban J connectivity index is 2.07. The van der Waals surface area contributed by atoms with Gasteiger partial charge in [-0.25, -0.2) is 8.42 Å². The molecule has 1 atom stereocenters. The molecule has 0 aliphatic heterocycles. The monoisotopic (exact) mass is 569 g/mol. The number of carbonyl (C=O) groups is 2. The highest BCUT2D eigenvalue weighted by molar-refractivity contribution is 7.92. The average molecular weight is 570 g/mol. The van der Waals surface area contributed by atoms with Crippen LogP contribution in [0.4, 0.5) is 5.69 Å². The topological polar surface area (TPSA) is 86.8 Å². The van der Waals surface area contributed by atoms with E-state index in [0.29, 0.717) is 10.7 Å². The maximum atomic E-state index is 14.0. The Morgan fingerprint density at radius 1 is 0.897 bits per heavy atom. The van der Waals surface area contributed by atoms with Crippen LogP contribution in [0.1, 0.15) is 36.1 Å². The summed E-state index contributed by atoms with van der Waals surface area (Å²) >= 11 is 6.23. The summed E-state index contributed by atoms with van der Waals surface area (Å²) in [4.78, 5) is 29.0. The van der Waals surface area contributed by atoms with Gasteiger partial charge < -0.3 is 10.2 Å². The van der Waals surface area contributed by atoms with Gasteiger partial charge in [0.25, 0.3) is 0 Å². The summed E-state index contributed by atoms with van der Waals surface area (Å²) < 4.78 is 26.9. The molecule has 7 nitrogen and oxygen atoms in total. The van der Waals surface area contributed by atoms with E-state index in [1.54, 1.807) is 30.3 Å². The summed E-state index contributed by atoms with van der Waals surface area (Å²) in [7, 11) is -3.82. The number of hydrogen-bond donors (Lipinski definition) is 1. The first-order valence-corrected chi connectivity index (χ1v) is 15.0. The molecule has 0 heterocycles. The number of amides is 2. The Hall–Kier alpha value is -3.36. The van der Waals surface area contributed by atoms with Gasteiger partial charge in [-0.3, -0.25) is 13.9 Å². The van der Waals surface area contributed by atoms with Crippen molar-refractivity contribution in [3.63, 3.8) is 0 Å². The van der Waals surface area contributed by atoms with Crippen molar-refractivity contribution >= 4 is 39.1 Å². The highest BCUT2D eigenvalue weighted by atomic mass is 35.5. The molecule has 0 unspecified atom stereocenters. The normalized spacial score (nSPS) is 12.2. The molecule has 0 spiro atoms. The molecule has 3 rings (SSSR count). The van der Waals surface area contributed by atoms with Crippen LogP contribution in [-0.2, 0) is 32.6 Å². The first-order chi connectivity index (χ1) is 18.3. The Kier molecular flexibility index (Phi) is 10.2. The third kappa shape index (κ3) is 8.57. The van der Waals surface area contributed by atoms with Crippen molar-refractivity contribution in [2.75, 3.05) is 17.1 Å². The number of nitrogens with one attached hydrogen (secondary N) is 1. The number of benzene rings is 3. The Bertz CT molecular complexity index is 1410. The van der Waals surface area contributed by atoms with Gasteiger partial charge in [-0.1, -0.05) is 60.1 Å². The number of sulfonamides is 1. The average Bonchev–Trinajstić information content (AvgIpc) is 2.86. The fourth-order valence-corrected chi connectivity index (χ4v) is 5.32. The third-order valence-electron chi connectivity index (χ3n) is 6.40. The predicted octanol–water partition coefficient (Wildman–Crippen LogP) is 4.89. The van der Waals surface area contributed by atoms with Crippen molar-refractivity contribution in [3.05, 3.63) is 100 Å². The molecule has 3 aromatic rings. The van der Waals surface area contributed by atoms with Crippen LogP contribution in [0.25, 0.3) is 0 Å². The molecule has 0 bridgehead atoms. The van der Waals surface area contributed by atoms with Crippen LogP contribution in [0.15, 0.2) is 72.8 Å². The number of halogens is 1. The van der Waals surface area contributed by atoms with Crippen molar-refractivity contribution in [2.24, 2.45) is 0 Å². The van der Waals surface area contributed by atoms with Crippen LogP contribution in [0.3, 0.4) is 0 Å². The second kappa shape index (κ2) is 13.1. The van der Waals surface area contributed by atoms with Gasteiger partial charge in [0, 0.05) is 24.0 Å². The van der Waals surface area contributed by atoms with Gasteiger partial charge in [0.1, 0.15) is 12.6 Å². The standard InChI is InChI=1S/C30H36ClN3O4S/c1-21(2)32-30(36)28(18-24-10-7-6-8-11-24)33(19-25-12-9-13-26(31)17-25)29(35)20-34(39(5,37)38)27-15-14-22(3)23(4)16-27/h6-17,21,28H,18-20H2,1-5H3,(H,32,36)/t28-/m1/s1. The molecule has 39 heavy (non-hydrogen) atoms. The van der Waals surface area contributed by atoms with Crippen LogP contribution in [0, 0.1) is 13.8 Å². The molecule has 0 aliphatic rings.